The normalized spacial score (nSPS) is 15.8. The van der Waals surface area contributed by atoms with Crippen molar-refractivity contribution < 1.29 is 13.9 Å². The predicted molar refractivity (Wildman–Crippen MR) is 89.4 cm³/mol. The van der Waals surface area contributed by atoms with Crippen LogP contribution in [0.5, 0.6) is 5.75 Å². The SMILES string of the molecule is O=C(NC[C@H]1Cc2ccccc2O1)c1cc2ccccc2oc1=O. The van der Waals surface area contributed by atoms with Crippen LogP contribution in [0.3, 0.4) is 0 Å². The predicted octanol–water partition coefficient (Wildman–Crippen LogP) is 2.53. The Morgan fingerprint density at radius 2 is 1.92 bits per heavy atom. The minimum atomic E-state index is -0.637. The number of ether oxygens (including phenoxy) is 1. The van der Waals surface area contributed by atoms with Crippen LogP contribution in [-0.4, -0.2) is 18.6 Å². The van der Waals surface area contributed by atoms with Gasteiger partial charge in [0.15, 0.2) is 0 Å². The molecule has 5 heteroatoms. The number of carbonyl (C=O) groups is 1. The molecule has 0 spiro atoms. The van der Waals surface area contributed by atoms with Crippen molar-refractivity contribution in [3.63, 3.8) is 0 Å². The molecule has 3 aromatic rings. The highest BCUT2D eigenvalue weighted by atomic mass is 16.5. The highest BCUT2D eigenvalue weighted by molar-refractivity contribution is 5.96. The summed E-state index contributed by atoms with van der Waals surface area (Å²) in [4.78, 5) is 24.3. The largest absolute Gasteiger partial charge is 0.488 e. The molecule has 1 aliphatic rings. The minimum absolute atomic E-state index is 0.00390. The number of para-hydroxylation sites is 2. The third kappa shape index (κ3) is 2.65. The van der Waals surface area contributed by atoms with Crippen molar-refractivity contribution in [1.82, 2.24) is 5.32 Å². The first-order chi connectivity index (χ1) is 11.7. The average Bonchev–Trinajstić information content (AvgIpc) is 3.02. The monoisotopic (exact) mass is 321 g/mol. The maximum atomic E-state index is 12.3. The smallest absolute Gasteiger partial charge is 0.349 e. The molecule has 0 aliphatic carbocycles. The molecule has 2 aromatic carbocycles. The molecule has 0 bridgehead atoms. The van der Waals surface area contributed by atoms with Crippen LogP contribution in [0, 0.1) is 0 Å². The van der Waals surface area contributed by atoms with Gasteiger partial charge in [-0.25, -0.2) is 4.79 Å². The molecule has 5 nitrogen and oxygen atoms in total. The number of rotatable bonds is 3. The number of benzene rings is 2. The van der Waals surface area contributed by atoms with E-state index in [1.807, 2.05) is 30.3 Å². The second-order valence-corrected chi connectivity index (χ2v) is 5.75. The summed E-state index contributed by atoms with van der Waals surface area (Å²) in [7, 11) is 0. The van der Waals surface area contributed by atoms with Crippen LogP contribution < -0.4 is 15.7 Å². The molecule has 0 fully saturated rings. The molecule has 1 amide bonds. The second kappa shape index (κ2) is 5.85. The molecule has 1 N–H and O–H groups in total. The molecule has 2 heterocycles. The van der Waals surface area contributed by atoms with Gasteiger partial charge < -0.3 is 14.5 Å². The van der Waals surface area contributed by atoms with E-state index in [9.17, 15) is 9.59 Å². The van der Waals surface area contributed by atoms with E-state index in [1.165, 1.54) is 0 Å². The lowest BCUT2D eigenvalue weighted by Gasteiger charge is -2.11. The van der Waals surface area contributed by atoms with E-state index in [4.69, 9.17) is 9.15 Å². The number of hydrogen-bond acceptors (Lipinski definition) is 4. The van der Waals surface area contributed by atoms with Gasteiger partial charge in [-0.3, -0.25) is 4.79 Å². The second-order valence-electron chi connectivity index (χ2n) is 5.75. The fourth-order valence-corrected chi connectivity index (χ4v) is 2.89. The van der Waals surface area contributed by atoms with Gasteiger partial charge in [0.05, 0.1) is 6.54 Å². The highest BCUT2D eigenvalue weighted by Crippen LogP contribution is 2.27. The third-order valence-corrected chi connectivity index (χ3v) is 4.09. The molecular weight excluding hydrogens is 306 g/mol. The van der Waals surface area contributed by atoms with E-state index in [0.29, 0.717) is 17.5 Å². The van der Waals surface area contributed by atoms with Gasteiger partial charge in [0.1, 0.15) is 23.0 Å². The standard InChI is InChI=1S/C19H15NO4/c21-18(15-10-13-6-2-4-8-17(13)24-19(15)22)20-11-14-9-12-5-1-3-7-16(12)23-14/h1-8,10,14H,9,11H2,(H,20,21)/t14-/m1/s1. The summed E-state index contributed by atoms with van der Waals surface area (Å²) in [5.74, 6) is 0.399. The van der Waals surface area contributed by atoms with Gasteiger partial charge in [-0.15, -0.1) is 0 Å². The minimum Gasteiger partial charge on any atom is -0.488 e. The van der Waals surface area contributed by atoms with Crippen LogP contribution in [-0.2, 0) is 6.42 Å². The van der Waals surface area contributed by atoms with Gasteiger partial charge >= 0.3 is 5.63 Å². The summed E-state index contributed by atoms with van der Waals surface area (Å²) < 4.78 is 11.0. The first kappa shape index (κ1) is 14.5. The quantitative estimate of drug-likeness (QED) is 0.753. The van der Waals surface area contributed by atoms with Gasteiger partial charge in [-0.1, -0.05) is 36.4 Å². The summed E-state index contributed by atoms with van der Waals surface area (Å²) in [5, 5.41) is 3.47. The van der Waals surface area contributed by atoms with E-state index < -0.39 is 11.5 Å². The number of nitrogens with one attached hydrogen (secondary N) is 1. The van der Waals surface area contributed by atoms with Gasteiger partial charge in [0.25, 0.3) is 5.91 Å². The van der Waals surface area contributed by atoms with Gasteiger partial charge in [-0.05, 0) is 23.8 Å². The summed E-state index contributed by atoms with van der Waals surface area (Å²) in [5.41, 5.74) is 0.960. The van der Waals surface area contributed by atoms with Crippen molar-refractivity contribution in [1.29, 1.82) is 0 Å². The molecule has 0 saturated carbocycles. The van der Waals surface area contributed by atoms with E-state index in [0.717, 1.165) is 17.7 Å². The van der Waals surface area contributed by atoms with Crippen molar-refractivity contribution in [3.05, 3.63) is 76.1 Å². The number of amides is 1. The Bertz CT molecular complexity index is 951. The molecule has 4 rings (SSSR count). The van der Waals surface area contributed by atoms with Crippen molar-refractivity contribution >= 4 is 16.9 Å². The molecule has 1 aromatic heterocycles. The van der Waals surface area contributed by atoms with Crippen molar-refractivity contribution in [2.75, 3.05) is 6.54 Å². The van der Waals surface area contributed by atoms with E-state index in [1.54, 1.807) is 24.3 Å². The number of carbonyl (C=O) groups excluding carboxylic acids is 1. The van der Waals surface area contributed by atoms with Crippen LogP contribution in [0.1, 0.15) is 15.9 Å². The van der Waals surface area contributed by atoms with Crippen LogP contribution in [0.25, 0.3) is 11.0 Å². The molecule has 1 atom stereocenters. The van der Waals surface area contributed by atoms with Crippen molar-refractivity contribution in [2.24, 2.45) is 0 Å². The molecule has 24 heavy (non-hydrogen) atoms. The van der Waals surface area contributed by atoms with E-state index >= 15 is 0 Å². The van der Waals surface area contributed by atoms with Gasteiger partial charge in [0.2, 0.25) is 0 Å². The topological polar surface area (TPSA) is 68.5 Å². The van der Waals surface area contributed by atoms with Crippen LogP contribution >= 0.6 is 0 Å². The molecule has 0 unspecified atom stereocenters. The Hall–Kier alpha value is -3.08. The number of hydrogen-bond donors (Lipinski definition) is 1. The van der Waals surface area contributed by atoms with Gasteiger partial charge in [0, 0.05) is 11.8 Å². The Balaban J connectivity index is 1.47. The van der Waals surface area contributed by atoms with Crippen molar-refractivity contribution in [2.45, 2.75) is 12.5 Å². The highest BCUT2D eigenvalue weighted by Gasteiger charge is 2.23. The molecule has 1 aliphatic heterocycles. The Labute approximate surface area is 137 Å². The van der Waals surface area contributed by atoms with Crippen LogP contribution in [0.2, 0.25) is 0 Å². The zero-order chi connectivity index (χ0) is 16.5. The Kier molecular flexibility index (Phi) is 3.54. The lowest BCUT2D eigenvalue weighted by atomic mass is 10.1. The fraction of sp³-hybridized carbons (Fsp3) is 0.158. The Morgan fingerprint density at radius 3 is 2.79 bits per heavy atom. The lowest BCUT2D eigenvalue weighted by Crippen LogP contribution is -2.36. The molecule has 120 valence electrons. The lowest BCUT2D eigenvalue weighted by molar-refractivity contribution is 0.0930. The first-order valence-electron chi connectivity index (χ1n) is 7.76. The zero-order valence-corrected chi connectivity index (χ0v) is 12.8. The third-order valence-electron chi connectivity index (χ3n) is 4.09. The summed E-state index contributed by atoms with van der Waals surface area (Å²) >= 11 is 0. The molecular formula is C19H15NO4. The van der Waals surface area contributed by atoms with E-state index in [-0.39, 0.29) is 11.7 Å². The maximum Gasteiger partial charge on any atom is 0.349 e. The Morgan fingerprint density at radius 1 is 1.12 bits per heavy atom. The van der Waals surface area contributed by atoms with Crippen LogP contribution in [0.15, 0.2) is 63.8 Å². The zero-order valence-electron chi connectivity index (χ0n) is 12.8. The summed E-state index contributed by atoms with van der Waals surface area (Å²) in [6, 6.07) is 16.5. The average molecular weight is 321 g/mol. The molecule has 0 saturated heterocycles. The maximum absolute atomic E-state index is 12.3. The van der Waals surface area contributed by atoms with E-state index in [2.05, 4.69) is 5.32 Å². The summed E-state index contributed by atoms with van der Waals surface area (Å²) in [6.07, 6.45) is 0.613. The first-order valence-corrected chi connectivity index (χ1v) is 7.76. The fourth-order valence-electron chi connectivity index (χ4n) is 2.89. The summed E-state index contributed by atoms with van der Waals surface area (Å²) in [6.45, 7) is 0.333. The van der Waals surface area contributed by atoms with Crippen molar-refractivity contribution in [3.8, 4) is 5.75 Å². The van der Waals surface area contributed by atoms with Gasteiger partial charge in [-0.2, -0.15) is 0 Å². The molecule has 0 radical (unpaired) electrons. The number of fused-ring (bicyclic) bond motifs is 2. The van der Waals surface area contributed by atoms with Crippen LogP contribution in [0.4, 0.5) is 0 Å².